The van der Waals surface area contributed by atoms with Gasteiger partial charge in [0, 0.05) is 23.2 Å². The molecule has 0 bridgehead atoms. The van der Waals surface area contributed by atoms with Crippen molar-refractivity contribution in [3.05, 3.63) is 82.3 Å². The van der Waals surface area contributed by atoms with Gasteiger partial charge >= 0.3 is 0 Å². The Balaban J connectivity index is 1.58. The van der Waals surface area contributed by atoms with Crippen molar-refractivity contribution in [3.63, 3.8) is 0 Å². The fourth-order valence-electron chi connectivity index (χ4n) is 2.29. The Morgan fingerprint density at radius 1 is 1.08 bits per heavy atom. The third-order valence-corrected chi connectivity index (χ3v) is 4.42. The second-order valence-corrected chi connectivity index (χ2v) is 6.37. The highest BCUT2D eigenvalue weighted by molar-refractivity contribution is 7.09. The Bertz CT molecular complexity index is 811. The summed E-state index contributed by atoms with van der Waals surface area (Å²) >= 11 is 1.68. The highest BCUT2D eigenvalue weighted by Gasteiger charge is 2.04. The van der Waals surface area contributed by atoms with Crippen LogP contribution in [0.4, 0.5) is 5.69 Å². The quantitative estimate of drug-likeness (QED) is 0.698. The minimum absolute atomic E-state index is 0.0363. The third-order valence-electron chi connectivity index (χ3n) is 3.48. The monoisotopic (exact) mass is 334 g/mol. The largest absolute Gasteiger partial charge is 0.326 e. The van der Waals surface area contributed by atoms with E-state index in [1.54, 1.807) is 17.5 Å². The van der Waals surface area contributed by atoms with Crippen LogP contribution in [0.2, 0.25) is 0 Å². The van der Waals surface area contributed by atoms with Gasteiger partial charge in [-0.1, -0.05) is 30.3 Å². The summed E-state index contributed by atoms with van der Waals surface area (Å²) in [6, 6.07) is 17.7. The summed E-state index contributed by atoms with van der Waals surface area (Å²) in [5.74, 6) is 0.0363. The van der Waals surface area contributed by atoms with Gasteiger partial charge in [0.2, 0.25) is 5.91 Å². The Labute approximate surface area is 145 Å². The minimum atomic E-state index is 0.0363. The zero-order valence-corrected chi connectivity index (χ0v) is 14.0. The smallest absolute Gasteiger partial charge is 0.224 e. The number of anilines is 1. The number of thiophene rings is 1. The molecule has 3 rings (SSSR count). The van der Waals surface area contributed by atoms with Crippen molar-refractivity contribution in [2.45, 2.75) is 12.8 Å². The third kappa shape index (κ3) is 4.89. The van der Waals surface area contributed by atoms with Crippen molar-refractivity contribution in [2.75, 3.05) is 5.32 Å². The van der Waals surface area contributed by atoms with Crippen molar-refractivity contribution < 1.29 is 4.79 Å². The fourth-order valence-corrected chi connectivity index (χ4v) is 3.00. The van der Waals surface area contributed by atoms with E-state index >= 15 is 0 Å². The summed E-state index contributed by atoms with van der Waals surface area (Å²) in [5, 5.41) is 4.99. The van der Waals surface area contributed by atoms with E-state index in [1.807, 2.05) is 66.1 Å². The van der Waals surface area contributed by atoms with Gasteiger partial charge in [-0.2, -0.15) is 0 Å². The molecule has 0 saturated carbocycles. The fraction of sp³-hybridized carbons (Fsp3) is 0.100. The van der Waals surface area contributed by atoms with E-state index in [9.17, 15) is 4.79 Å². The molecule has 0 spiro atoms. The number of aryl methyl sites for hydroxylation is 1. The highest BCUT2D eigenvalue weighted by atomic mass is 32.1. The summed E-state index contributed by atoms with van der Waals surface area (Å²) in [5.41, 5.74) is 2.74. The first-order valence-electron chi connectivity index (χ1n) is 7.81. The van der Waals surface area contributed by atoms with Crippen molar-refractivity contribution in [1.82, 2.24) is 4.98 Å². The number of carbonyl (C=O) groups excluding carboxylic acids is 1. The Morgan fingerprint density at radius 3 is 2.83 bits per heavy atom. The molecule has 1 aromatic carbocycles. The van der Waals surface area contributed by atoms with Crippen molar-refractivity contribution >= 4 is 35.1 Å². The zero-order valence-electron chi connectivity index (χ0n) is 13.2. The van der Waals surface area contributed by atoms with Crippen LogP contribution in [0.25, 0.3) is 12.2 Å². The number of hydrogen-bond acceptors (Lipinski definition) is 3. The molecular formula is C20H18N2OS. The van der Waals surface area contributed by atoms with Gasteiger partial charge in [0.25, 0.3) is 0 Å². The molecule has 3 aromatic rings. The van der Waals surface area contributed by atoms with Crippen LogP contribution in [0.1, 0.15) is 22.6 Å². The molecule has 4 heteroatoms. The SMILES string of the molecule is O=C(CCc1cccs1)Nc1cccc(/C=C/c2ccccn2)c1. The van der Waals surface area contributed by atoms with E-state index in [2.05, 4.69) is 16.4 Å². The summed E-state index contributed by atoms with van der Waals surface area (Å²) in [6.45, 7) is 0. The molecule has 120 valence electrons. The topological polar surface area (TPSA) is 42.0 Å². The molecule has 1 N–H and O–H groups in total. The predicted octanol–water partition coefficient (Wildman–Crippen LogP) is 4.88. The number of benzene rings is 1. The minimum Gasteiger partial charge on any atom is -0.326 e. The van der Waals surface area contributed by atoms with Crippen LogP contribution >= 0.6 is 11.3 Å². The number of carbonyl (C=O) groups is 1. The molecule has 2 heterocycles. The maximum absolute atomic E-state index is 12.1. The maximum atomic E-state index is 12.1. The molecule has 0 aliphatic rings. The van der Waals surface area contributed by atoms with Gasteiger partial charge in [-0.15, -0.1) is 11.3 Å². The van der Waals surface area contributed by atoms with Crippen molar-refractivity contribution in [1.29, 1.82) is 0 Å². The Hall–Kier alpha value is -2.72. The van der Waals surface area contributed by atoms with Crippen molar-refractivity contribution in [3.8, 4) is 0 Å². The number of pyridine rings is 1. The van der Waals surface area contributed by atoms with Crippen LogP contribution in [0.5, 0.6) is 0 Å². The lowest BCUT2D eigenvalue weighted by Crippen LogP contribution is -2.12. The van der Waals surface area contributed by atoms with E-state index in [1.165, 1.54) is 4.88 Å². The van der Waals surface area contributed by atoms with Crippen LogP contribution in [-0.4, -0.2) is 10.9 Å². The normalized spacial score (nSPS) is 10.8. The molecule has 0 saturated heterocycles. The van der Waals surface area contributed by atoms with Gasteiger partial charge in [-0.25, -0.2) is 0 Å². The van der Waals surface area contributed by atoms with Crippen LogP contribution in [0.15, 0.2) is 66.2 Å². The molecule has 1 amide bonds. The number of hydrogen-bond donors (Lipinski definition) is 1. The summed E-state index contributed by atoms with van der Waals surface area (Å²) in [7, 11) is 0. The number of amides is 1. The molecular weight excluding hydrogens is 316 g/mol. The first-order chi connectivity index (χ1) is 11.8. The van der Waals surface area contributed by atoms with E-state index < -0.39 is 0 Å². The molecule has 0 unspecified atom stereocenters. The lowest BCUT2D eigenvalue weighted by molar-refractivity contribution is -0.116. The molecule has 0 aliphatic carbocycles. The Kier molecular flexibility index (Phi) is 5.53. The molecule has 0 fully saturated rings. The van der Waals surface area contributed by atoms with Crippen LogP contribution in [0.3, 0.4) is 0 Å². The van der Waals surface area contributed by atoms with Crippen LogP contribution < -0.4 is 5.32 Å². The van der Waals surface area contributed by atoms with E-state index in [0.717, 1.165) is 23.4 Å². The molecule has 3 nitrogen and oxygen atoms in total. The van der Waals surface area contributed by atoms with Gasteiger partial charge in [-0.3, -0.25) is 9.78 Å². The molecule has 24 heavy (non-hydrogen) atoms. The summed E-state index contributed by atoms with van der Waals surface area (Å²) in [6.07, 6.45) is 6.99. The molecule has 0 aliphatic heterocycles. The van der Waals surface area contributed by atoms with E-state index in [-0.39, 0.29) is 5.91 Å². The molecule has 2 aromatic heterocycles. The lowest BCUT2D eigenvalue weighted by atomic mass is 10.1. The highest BCUT2D eigenvalue weighted by Crippen LogP contribution is 2.15. The number of rotatable bonds is 6. The first-order valence-corrected chi connectivity index (χ1v) is 8.69. The Morgan fingerprint density at radius 2 is 2.04 bits per heavy atom. The van der Waals surface area contributed by atoms with Gasteiger partial charge < -0.3 is 5.32 Å². The van der Waals surface area contributed by atoms with E-state index in [4.69, 9.17) is 0 Å². The first kappa shape index (κ1) is 16.1. The standard InChI is InChI=1S/C20H18N2OS/c23-20(12-11-19-8-4-14-24-19)22-18-7-3-5-16(15-18)9-10-17-6-1-2-13-21-17/h1-10,13-15H,11-12H2,(H,22,23)/b10-9+. The van der Waals surface area contributed by atoms with Gasteiger partial charge in [0.05, 0.1) is 5.69 Å². The van der Waals surface area contributed by atoms with Crippen LogP contribution in [0, 0.1) is 0 Å². The lowest BCUT2D eigenvalue weighted by Gasteiger charge is -2.05. The summed E-state index contributed by atoms with van der Waals surface area (Å²) in [4.78, 5) is 17.6. The maximum Gasteiger partial charge on any atom is 0.224 e. The second kappa shape index (κ2) is 8.22. The van der Waals surface area contributed by atoms with Crippen LogP contribution in [-0.2, 0) is 11.2 Å². The average molecular weight is 334 g/mol. The van der Waals surface area contributed by atoms with Gasteiger partial charge in [-0.05, 0) is 53.8 Å². The average Bonchev–Trinajstić information content (AvgIpc) is 3.13. The number of nitrogens with one attached hydrogen (secondary N) is 1. The van der Waals surface area contributed by atoms with Gasteiger partial charge in [0.15, 0.2) is 0 Å². The molecule has 0 atom stereocenters. The number of aromatic nitrogens is 1. The van der Waals surface area contributed by atoms with Gasteiger partial charge in [0.1, 0.15) is 0 Å². The zero-order chi connectivity index (χ0) is 16.6. The summed E-state index contributed by atoms with van der Waals surface area (Å²) < 4.78 is 0. The number of nitrogens with zero attached hydrogens (tertiary/aromatic N) is 1. The molecule has 0 radical (unpaired) electrons. The predicted molar refractivity (Wildman–Crippen MR) is 101 cm³/mol. The van der Waals surface area contributed by atoms with E-state index in [0.29, 0.717) is 6.42 Å². The van der Waals surface area contributed by atoms with Crippen molar-refractivity contribution in [2.24, 2.45) is 0 Å². The second-order valence-electron chi connectivity index (χ2n) is 5.34.